The Morgan fingerprint density at radius 2 is 1.18 bits per heavy atom. The third-order valence-corrected chi connectivity index (χ3v) is 3.04. The number of hydrogen-bond acceptors (Lipinski definition) is 1. The highest BCUT2D eigenvalue weighted by Crippen LogP contribution is 2.70. The Labute approximate surface area is 115 Å². The Kier molecular flexibility index (Phi) is 3.80. The topological polar surface area (TPSA) is 9.23 Å². The molecule has 0 spiro atoms. The van der Waals surface area contributed by atoms with Crippen molar-refractivity contribution in [1.29, 1.82) is 0 Å². The molecule has 0 saturated heterocycles. The van der Waals surface area contributed by atoms with E-state index in [4.69, 9.17) is 0 Å². The Hall–Kier alpha value is -1.49. The van der Waals surface area contributed by atoms with Crippen LogP contribution in [0, 0.1) is 0 Å². The molecule has 0 bridgehead atoms. The van der Waals surface area contributed by atoms with Crippen LogP contribution in [0.4, 0.5) is 48.3 Å². The summed E-state index contributed by atoms with van der Waals surface area (Å²) in [7, 11) is 0. The zero-order valence-electron chi connectivity index (χ0n) is 10.3. The fraction of sp³-hybridized carbons (Fsp3) is 0.600. The Balaban J connectivity index is 3.78. The zero-order chi connectivity index (χ0) is 17.9. The molecule has 0 heterocycles. The van der Waals surface area contributed by atoms with Gasteiger partial charge in [-0.15, -0.1) is 0 Å². The minimum Gasteiger partial charge on any atom is -0.420 e. The van der Waals surface area contributed by atoms with Crippen molar-refractivity contribution >= 4 is 0 Å². The molecule has 0 radical (unpaired) electrons. The van der Waals surface area contributed by atoms with Crippen molar-refractivity contribution in [2.75, 3.05) is 0 Å². The van der Waals surface area contributed by atoms with Gasteiger partial charge in [0.15, 0.2) is 0 Å². The highest BCUT2D eigenvalue weighted by Gasteiger charge is 3.01. The average Bonchev–Trinajstić information content (AvgIpc) is 2.40. The van der Waals surface area contributed by atoms with Gasteiger partial charge in [0.1, 0.15) is 0 Å². The second-order valence-corrected chi connectivity index (χ2v) is 4.39. The minimum atomic E-state index is -6.73. The maximum atomic E-state index is 14.1. The Morgan fingerprint density at radius 3 is 1.50 bits per heavy atom. The molecule has 0 N–H and O–H groups in total. The molecule has 0 aromatic rings. The van der Waals surface area contributed by atoms with E-state index < -0.39 is 47.0 Å². The summed E-state index contributed by atoms with van der Waals surface area (Å²) in [5.74, 6) is -26.1. The maximum Gasteiger partial charge on any atom is 0.388 e. The molecular formula is C10H5F11O. The van der Waals surface area contributed by atoms with Gasteiger partial charge in [0.05, 0.1) is 0 Å². The van der Waals surface area contributed by atoms with Crippen molar-refractivity contribution < 1.29 is 53.0 Å². The highest BCUT2D eigenvalue weighted by atomic mass is 19.4. The summed E-state index contributed by atoms with van der Waals surface area (Å²) >= 11 is 0. The smallest absolute Gasteiger partial charge is 0.388 e. The summed E-state index contributed by atoms with van der Waals surface area (Å²) in [6, 6.07) is -3.56. The lowest BCUT2D eigenvalue weighted by Crippen LogP contribution is -2.59. The van der Waals surface area contributed by atoms with Crippen molar-refractivity contribution in [3.63, 3.8) is 0 Å². The summed E-state index contributed by atoms with van der Waals surface area (Å²) in [6.45, 7) is 2.41. The molecule has 22 heavy (non-hydrogen) atoms. The third-order valence-electron chi connectivity index (χ3n) is 3.04. The van der Waals surface area contributed by atoms with Crippen LogP contribution in [-0.4, -0.2) is 29.3 Å². The lowest BCUT2D eigenvalue weighted by molar-refractivity contribution is -0.329. The van der Waals surface area contributed by atoms with E-state index in [1.54, 1.807) is 0 Å². The van der Waals surface area contributed by atoms with Gasteiger partial charge in [-0.3, -0.25) is 0 Å². The zero-order valence-corrected chi connectivity index (χ0v) is 10.3. The second-order valence-electron chi connectivity index (χ2n) is 4.39. The fourth-order valence-corrected chi connectivity index (χ4v) is 1.87. The fourth-order valence-electron chi connectivity index (χ4n) is 1.87. The van der Waals surface area contributed by atoms with Crippen molar-refractivity contribution in [2.45, 2.75) is 36.2 Å². The molecule has 2 atom stereocenters. The highest BCUT2D eigenvalue weighted by molar-refractivity contribution is 5.37. The van der Waals surface area contributed by atoms with Gasteiger partial charge in [0.2, 0.25) is 0 Å². The van der Waals surface area contributed by atoms with Crippen LogP contribution in [0.5, 0.6) is 0 Å². The van der Waals surface area contributed by atoms with E-state index in [0.717, 1.165) is 0 Å². The third kappa shape index (κ3) is 1.66. The summed E-state index contributed by atoms with van der Waals surface area (Å²) in [6.07, 6.45) is -3.66. The SMILES string of the molecule is C=C(C)C1(F)C(F)(F)C(F)(F)C(F)(F)C1(F)OC(F)=C(F)F. The predicted molar refractivity (Wildman–Crippen MR) is 48.8 cm³/mol. The first kappa shape index (κ1) is 18.6. The summed E-state index contributed by atoms with van der Waals surface area (Å²) in [5, 5.41) is 0. The van der Waals surface area contributed by atoms with Crippen molar-refractivity contribution in [3.8, 4) is 0 Å². The molecule has 1 saturated carbocycles. The summed E-state index contributed by atoms with van der Waals surface area (Å²) in [5.41, 5.74) is -7.65. The van der Waals surface area contributed by atoms with Gasteiger partial charge in [-0.25, -0.2) is 4.39 Å². The standard InChI is InChI=1S/C10H5F11O/c1-3(2)6(14)7(15,16)8(17,18)9(19,20)10(6,21)22-5(13)4(11)12/h1H2,2H3. The molecule has 1 fully saturated rings. The lowest BCUT2D eigenvalue weighted by Gasteiger charge is -2.35. The van der Waals surface area contributed by atoms with Crippen LogP contribution in [0.3, 0.4) is 0 Å². The quantitative estimate of drug-likeness (QED) is 0.399. The van der Waals surface area contributed by atoms with E-state index in [9.17, 15) is 48.3 Å². The van der Waals surface area contributed by atoms with Crippen molar-refractivity contribution in [1.82, 2.24) is 0 Å². The second kappa shape index (κ2) is 4.51. The molecule has 0 aromatic carbocycles. The van der Waals surface area contributed by atoms with E-state index in [2.05, 4.69) is 11.3 Å². The normalized spacial score (nSPS) is 35.1. The molecule has 0 amide bonds. The van der Waals surface area contributed by atoms with Crippen LogP contribution in [-0.2, 0) is 4.74 Å². The van der Waals surface area contributed by atoms with E-state index in [1.807, 2.05) is 0 Å². The maximum absolute atomic E-state index is 14.1. The molecular weight excluding hydrogens is 345 g/mol. The van der Waals surface area contributed by atoms with Crippen LogP contribution in [0.15, 0.2) is 24.2 Å². The Morgan fingerprint density at radius 1 is 0.773 bits per heavy atom. The first-order valence-corrected chi connectivity index (χ1v) is 5.09. The molecule has 0 aliphatic heterocycles. The largest absolute Gasteiger partial charge is 0.420 e. The van der Waals surface area contributed by atoms with E-state index in [-0.39, 0.29) is 6.92 Å². The lowest BCUT2D eigenvalue weighted by atomic mass is 9.89. The molecule has 1 nitrogen and oxygen atoms in total. The molecule has 12 heteroatoms. The van der Waals surface area contributed by atoms with Crippen LogP contribution < -0.4 is 0 Å². The van der Waals surface area contributed by atoms with Crippen LogP contribution in [0.25, 0.3) is 0 Å². The van der Waals surface area contributed by atoms with Crippen LogP contribution in [0.2, 0.25) is 0 Å². The van der Waals surface area contributed by atoms with E-state index in [1.165, 1.54) is 0 Å². The molecule has 1 rings (SSSR count). The first-order valence-electron chi connectivity index (χ1n) is 5.09. The van der Waals surface area contributed by atoms with E-state index in [0.29, 0.717) is 0 Å². The van der Waals surface area contributed by atoms with Crippen molar-refractivity contribution in [3.05, 3.63) is 24.2 Å². The minimum absolute atomic E-state index is 0.0938. The van der Waals surface area contributed by atoms with Crippen LogP contribution >= 0.6 is 0 Å². The van der Waals surface area contributed by atoms with Gasteiger partial charge in [-0.1, -0.05) is 6.58 Å². The van der Waals surface area contributed by atoms with Gasteiger partial charge < -0.3 is 4.74 Å². The Bertz CT molecular complexity index is 535. The van der Waals surface area contributed by atoms with Gasteiger partial charge in [0, 0.05) is 0 Å². The number of rotatable bonds is 3. The summed E-state index contributed by atoms with van der Waals surface area (Å²) in [4.78, 5) is 0. The number of alkyl halides is 8. The van der Waals surface area contributed by atoms with E-state index >= 15 is 0 Å². The van der Waals surface area contributed by atoms with Gasteiger partial charge in [-0.2, -0.15) is 43.9 Å². The molecule has 0 aromatic heterocycles. The first-order chi connectivity index (χ1) is 9.52. The predicted octanol–water partition coefficient (Wildman–Crippen LogP) is 4.91. The molecule has 2 unspecified atom stereocenters. The van der Waals surface area contributed by atoms with Gasteiger partial charge >= 0.3 is 35.7 Å². The number of hydrogen-bond donors (Lipinski definition) is 0. The number of ether oxygens (including phenoxy) is 1. The molecule has 1 aliphatic rings. The molecule has 1 aliphatic carbocycles. The van der Waals surface area contributed by atoms with Gasteiger partial charge in [0.25, 0.3) is 5.67 Å². The molecule has 128 valence electrons. The summed E-state index contributed by atoms with van der Waals surface area (Å²) < 4.78 is 146. The monoisotopic (exact) mass is 350 g/mol. The van der Waals surface area contributed by atoms with Crippen LogP contribution in [0.1, 0.15) is 6.92 Å². The number of halogens is 11. The van der Waals surface area contributed by atoms with Crippen molar-refractivity contribution in [2.24, 2.45) is 0 Å². The average molecular weight is 350 g/mol. The van der Waals surface area contributed by atoms with Gasteiger partial charge in [-0.05, 0) is 12.5 Å².